The van der Waals surface area contributed by atoms with Crippen LogP contribution in [-0.2, 0) is 4.79 Å². The Morgan fingerprint density at radius 3 is 2.67 bits per heavy atom. The molecule has 3 N–H and O–H groups in total. The van der Waals surface area contributed by atoms with Crippen LogP contribution in [0.1, 0.15) is 10.8 Å². The third-order valence-corrected chi connectivity index (χ3v) is 2.68. The van der Waals surface area contributed by atoms with Gasteiger partial charge in [-0.3, -0.25) is 4.79 Å². The van der Waals surface area contributed by atoms with E-state index in [1.807, 2.05) is 0 Å². The standard InChI is InChI=1S/C10H13NO3S/c1-14-7-5-3-2-4-6(7)9(15)8(11)10(12)13/h2-5,8-9,15H,11H2,1H3,(H,12,13). The van der Waals surface area contributed by atoms with Crippen molar-refractivity contribution < 1.29 is 14.6 Å². The van der Waals surface area contributed by atoms with Crippen molar-refractivity contribution in [2.75, 3.05) is 7.11 Å². The van der Waals surface area contributed by atoms with Crippen LogP contribution in [0, 0.1) is 0 Å². The van der Waals surface area contributed by atoms with Gasteiger partial charge in [0.1, 0.15) is 11.8 Å². The molecule has 0 aromatic heterocycles. The quantitative estimate of drug-likeness (QED) is 0.673. The monoisotopic (exact) mass is 227 g/mol. The molecular weight excluding hydrogens is 214 g/mol. The lowest BCUT2D eigenvalue weighted by molar-refractivity contribution is -0.138. The highest BCUT2D eigenvalue weighted by Gasteiger charge is 2.24. The summed E-state index contributed by atoms with van der Waals surface area (Å²) in [4.78, 5) is 10.7. The van der Waals surface area contributed by atoms with E-state index >= 15 is 0 Å². The van der Waals surface area contributed by atoms with E-state index in [2.05, 4.69) is 12.6 Å². The number of thiol groups is 1. The molecule has 5 heteroatoms. The van der Waals surface area contributed by atoms with Crippen LogP contribution in [0.15, 0.2) is 24.3 Å². The van der Waals surface area contributed by atoms with Gasteiger partial charge >= 0.3 is 5.97 Å². The Balaban J connectivity index is 2.99. The molecule has 0 aliphatic rings. The zero-order chi connectivity index (χ0) is 11.4. The van der Waals surface area contributed by atoms with Gasteiger partial charge in [0.2, 0.25) is 0 Å². The average molecular weight is 227 g/mol. The van der Waals surface area contributed by atoms with Crippen molar-refractivity contribution in [2.45, 2.75) is 11.3 Å². The summed E-state index contributed by atoms with van der Waals surface area (Å²) in [6.45, 7) is 0. The summed E-state index contributed by atoms with van der Waals surface area (Å²) < 4.78 is 5.10. The van der Waals surface area contributed by atoms with Gasteiger partial charge in [0.25, 0.3) is 0 Å². The van der Waals surface area contributed by atoms with E-state index in [1.165, 1.54) is 7.11 Å². The molecule has 2 unspecified atom stereocenters. The Kier molecular flexibility index (Phi) is 3.99. The number of rotatable bonds is 4. The summed E-state index contributed by atoms with van der Waals surface area (Å²) in [5, 5.41) is 8.18. The molecule has 0 amide bonds. The first-order valence-corrected chi connectivity index (χ1v) is 4.89. The number of benzene rings is 1. The molecule has 82 valence electrons. The van der Waals surface area contributed by atoms with Gasteiger partial charge in [0.15, 0.2) is 0 Å². The molecule has 4 nitrogen and oxygen atoms in total. The highest BCUT2D eigenvalue weighted by Crippen LogP contribution is 2.30. The maximum absolute atomic E-state index is 10.7. The molecule has 0 bridgehead atoms. The molecule has 1 rings (SSSR count). The number of carbonyl (C=O) groups is 1. The number of ether oxygens (including phenoxy) is 1. The van der Waals surface area contributed by atoms with Crippen LogP contribution < -0.4 is 10.5 Å². The second-order valence-electron chi connectivity index (χ2n) is 3.05. The lowest BCUT2D eigenvalue weighted by Gasteiger charge is -2.17. The first-order valence-electron chi connectivity index (χ1n) is 4.37. The molecule has 0 radical (unpaired) electrons. The lowest BCUT2D eigenvalue weighted by Crippen LogP contribution is -2.34. The van der Waals surface area contributed by atoms with Gasteiger partial charge in [-0.2, -0.15) is 12.6 Å². The predicted octanol–water partition coefficient (Wildman–Crippen LogP) is 1.08. The molecule has 0 heterocycles. The number of methoxy groups -OCH3 is 1. The van der Waals surface area contributed by atoms with Gasteiger partial charge in [-0.25, -0.2) is 0 Å². The van der Waals surface area contributed by atoms with Crippen molar-refractivity contribution in [1.82, 2.24) is 0 Å². The van der Waals surface area contributed by atoms with Crippen molar-refractivity contribution in [1.29, 1.82) is 0 Å². The zero-order valence-corrected chi connectivity index (χ0v) is 9.15. The van der Waals surface area contributed by atoms with E-state index < -0.39 is 17.3 Å². The molecular formula is C10H13NO3S. The van der Waals surface area contributed by atoms with E-state index in [9.17, 15) is 4.79 Å². The predicted molar refractivity (Wildman–Crippen MR) is 60.3 cm³/mol. The maximum Gasteiger partial charge on any atom is 0.321 e. The van der Waals surface area contributed by atoms with Crippen LogP contribution in [0.4, 0.5) is 0 Å². The fourth-order valence-corrected chi connectivity index (χ4v) is 1.58. The average Bonchev–Trinajstić information content (AvgIpc) is 2.26. The molecule has 0 aliphatic carbocycles. The molecule has 0 spiro atoms. The molecule has 0 aliphatic heterocycles. The summed E-state index contributed by atoms with van der Waals surface area (Å²) in [5.41, 5.74) is 6.16. The minimum Gasteiger partial charge on any atom is -0.496 e. The number of nitrogens with two attached hydrogens (primary N) is 1. The van der Waals surface area contributed by atoms with Gasteiger partial charge in [0.05, 0.1) is 12.4 Å². The number of carboxylic acids is 1. The van der Waals surface area contributed by atoms with Crippen LogP contribution in [-0.4, -0.2) is 24.2 Å². The topological polar surface area (TPSA) is 72.5 Å². The van der Waals surface area contributed by atoms with Crippen LogP contribution in [0.3, 0.4) is 0 Å². The third-order valence-electron chi connectivity index (χ3n) is 2.08. The second kappa shape index (κ2) is 5.04. The maximum atomic E-state index is 10.7. The number of carboxylic acid groups (broad SMARTS) is 1. The number of para-hydroxylation sites is 1. The molecule has 2 atom stereocenters. The molecule has 0 saturated heterocycles. The van der Waals surface area contributed by atoms with Gasteiger partial charge in [-0.05, 0) is 6.07 Å². The molecule has 0 fully saturated rings. The summed E-state index contributed by atoms with van der Waals surface area (Å²) >= 11 is 4.19. The Hall–Kier alpha value is -1.20. The Labute approximate surface area is 93.5 Å². The van der Waals surface area contributed by atoms with E-state index in [4.69, 9.17) is 15.6 Å². The fourth-order valence-electron chi connectivity index (χ4n) is 1.24. The van der Waals surface area contributed by atoms with E-state index in [-0.39, 0.29) is 0 Å². The summed E-state index contributed by atoms with van der Waals surface area (Å²) in [6.07, 6.45) is 0. The lowest BCUT2D eigenvalue weighted by atomic mass is 10.0. The first kappa shape index (κ1) is 11.9. The van der Waals surface area contributed by atoms with Gasteiger partial charge in [-0.1, -0.05) is 18.2 Å². The minimum absolute atomic E-state index is 0.585. The van der Waals surface area contributed by atoms with E-state index in [1.54, 1.807) is 24.3 Å². The van der Waals surface area contributed by atoms with Crippen molar-refractivity contribution in [2.24, 2.45) is 5.73 Å². The number of hydrogen-bond acceptors (Lipinski definition) is 4. The van der Waals surface area contributed by atoms with Crippen LogP contribution in [0.25, 0.3) is 0 Å². The van der Waals surface area contributed by atoms with E-state index in [0.29, 0.717) is 11.3 Å². The minimum atomic E-state index is -1.08. The number of aliphatic carboxylic acids is 1. The van der Waals surface area contributed by atoms with Gasteiger partial charge < -0.3 is 15.6 Å². The highest BCUT2D eigenvalue weighted by atomic mass is 32.1. The Bertz CT molecular complexity index is 356. The number of hydrogen-bond donors (Lipinski definition) is 3. The second-order valence-corrected chi connectivity index (χ2v) is 3.61. The summed E-state index contributed by atoms with van der Waals surface area (Å²) in [7, 11) is 1.52. The van der Waals surface area contributed by atoms with Crippen LogP contribution >= 0.6 is 12.6 Å². The van der Waals surface area contributed by atoms with Gasteiger partial charge in [-0.15, -0.1) is 0 Å². The third kappa shape index (κ3) is 2.64. The molecule has 0 saturated carbocycles. The van der Waals surface area contributed by atoms with Crippen molar-refractivity contribution in [3.8, 4) is 5.75 Å². The van der Waals surface area contributed by atoms with Crippen molar-refractivity contribution in [3.05, 3.63) is 29.8 Å². The largest absolute Gasteiger partial charge is 0.496 e. The zero-order valence-electron chi connectivity index (χ0n) is 8.25. The highest BCUT2D eigenvalue weighted by molar-refractivity contribution is 7.80. The Morgan fingerprint density at radius 2 is 2.13 bits per heavy atom. The molecule has 15 heavy (non-hydrogen) atoms. The summed E-state index contributed by atoms with van der Waals surface area (Å²) in [6, 6.07) is 6.03. The van der Waals surface area contributed by atoms with Gasteiger partial charge in [0, 0.05) is 5.56 Å². The van der Waals surface area contributed by atoms with Crippen LogP contribution in [0.2, 0.25) is 0 Å². The SMILES string of the molecule is COc1ccccc1C(S)C(N)C(=O)O. The molecule has 1 aromatic carbocycles. The van der Waals surface area contributed by atoms with Crippen molar-refractivity contribution in [3.63, 3.8) is 0 Å². The smallest absolute Gasteiger partial charge is 0.321 e. The summed E-state index contributed by atoms with van der Waals surface area (Å²) in [5.74, 6) is -0.491. The Morgan fingerprint density at radius 1 is 1.53 bits per heavy atom. The fraction of sp³-hybridized carbons (Fsp3) is 0.300. The van der Waals surface area contributed by atoms with E-state index in [0.717, 1.165) is 0 Å². The van der Waals surface area contributed by atoms with Crippen LogP contribution in [0.5, 0.6) is 5.75 Å². The normalized spacial score (nSPS) is 14.3. The van der Waals surface area contributed by atoms with Crippen molar-refractivity contribution >= 4 is 18.6 Å². The first-order chi connectivity index (χ1) is 7.07. The molecule has 1 aromatic rings.